The van der Waals surface area contributed by atoms with Crippen LogP contribution in [0.15, 0.2) is 6.07 Å². The Morgan fingerprint density at radius 3 is 2.75 bits per heavy atom. The second-order valence-corrected chi connectivity index (χ2v) is 5.76. The van der Waals surface area contributed by atoms with Crippen LogP contribution in [0.5, 0.6) is 0 Å². The quantitative estimate of drug-likeness (QED) is 0.347. The summed E-state index contributed by atoms with van der Waals surface area (Å²) in [6.07, 6.45) is 1.09. The Balaban J connectivity index is 2.62. The van der Waals surface area contributed by atoms with Crippen molar-refractivity contribution in [1.82, 2.24) is 9.97 Å². The molecule has 1 aromatic heterocycles. The van der Waals surface area contributed by atoms with E-state index >= 15 is 0 Å². The zero-order valence-electron chi connectivity index (χ0n) is 12.5. The van der Waals surface area contributed by atoms with Crippen LogP contribution >= 0.6 is 11.8 Å². The third kappa shape index (κ3) is 6.40. The van der Waals surface area contributed by atoms with Crippen LogP contribution in [0.25, 0.3) is 0 Å². The molecule has 4 N–H and O–H groups in total. The molecule has 0 bridgehead atoms. The lowest BCUT2D eigenvalue weighted by Gasteiger charge is -2.15. The Bertz CT molecular complexity index is 391. The smallest absolute Gasteiger partial charge is 0.158 e. The number of anilines is 2. The molecule has 0 fully saturated rings. The van der Waals surface area contributed by atoms with Crippen molar-refractivity contribution in [1.29, 1.82) is 0 Å². The van der Waals surface area contributed by atoms with E-state index in [9.17, 15) is 0 Å². The van der Waals surface area contributed by atoms with E-state index < -0.39 is 0 Å². The van der Waals surface area contributed by atoms with Gasteiger partial charge in [0.15, 0.2) is 5.82 Å². The maximum absolute atomic E-state index is 5.43. The zero-order chi connectivity index (χ0) is 14.8. The van der Waals surface area contributed by atoms with E-state index in [1.54, 1.807) is 6.07 Å². The maximum Gasteiger partial charge on any atom is 0.158 e. The van der Waals surface area contributed by atoms with Crippen LogP contribution in [0.2, 0.25) is 0 Å². The Morgan fingerprint density at radius 2 is 2.10 bits per heavy atom. The normalized spacial score (nSPS) is 12.2. The maximum atomic E-state index is 5.43. The van der Waals surface area contributed by atoms with Crippen LogP contribution in [0.4, 0.5) is 11.6 Å². The summed E-state index contributed by atoms with van der Waals surface area (Å²) in [6.45, 7) is 7.29. The van der Waals surface area contributed by atoms with Crippen LogP contribution in [-0.4, -0.2) is 34.1 Å². The number of nitrogen functional groups attached to an aromatic ring is 1. The first kappa shape index (κ1) is 17.0. The number of hydrazine groups is 1. The highest BCUT2D eigenvalue weighted by atomic mass is 32.2. The minimum absolute atomic E-state index is 0.356. The van der Waals surface area contributed by atoms with Crippen LogP contribution in [0, 0.1) is 0 Å². The van der Waals surface area contributed by atoms with Gasteiger partial charge < -0.3 is 15.5 Å². The third-order valence-electron chi connectivity index (χ3n) is 2.65. The van der Waals surface area contributed by atoms with Gasteiger partial charge in [-0.05, 0) is 31.8 Å². The second kappa shape index (κ2) is 9.79. The number of ether oxygens (including phenoxy) is 1. The summed E-state index contributed by atoms with van der Waals surface area (Å²) < 4.78 is 5.33. The molecule has 1 unspecified atom stereocenters. The number of hydrogen-bond donors (Lipinski definition) is 3. The van der Waals surface area contributed by atoms with Gasteiger partial charge in [-0.1, -0.05) is 6.92 Å². The molecule has 7 heteroatoms. The number of nitrogens with two attached hydrogens (primary N) is 1. The van der Waals surface area contributed by atoms with Gasteiger partial charge in [0.2, 0.25) is 0 Å². The van der Waals surface area contributed by atoms with Crippen molar-refractivity contribution in [3.8, 4) is 0 Å². The third-order valence-corrected chi connectivity index (χ3v) is 3.58. The molecule has 0 aliphatic carbocycles. The number of hydrogen-bond acceptors (Lipinski definition) is 7. The van der Waals surface area contributed by atoms with E-state index in [0.29, 0.717) is 30.9 Å². The van der Waals surface area contributed by atoms with Crippen molar-refractivity contribution in [3.05, 3.63) is 11.9 Å². The van der Waals surface area contributed by atoms with E-state index in [2.05, 4.69) is 34.6 Å². The van der Waals surface area contributed by atoms with Crippen molar-refractivity contribution < 1.29 is 4.74 Å². The lowest BCUT2D eigenvalue weighted by Crippen LogP contribution is -2.19. The van der Waals surface area contributed by atoms with Crippen molar-refractivity contribution in [2.45, 2.75) is 39.8 Å². The highest BCUT2D eigenvalue weighted by molar-refractivity contribution is 7.99. The Kier molecular flexibility index (Phi) is 8.32. The minimum atomic E-state index is 0.356. The minimum Gasteiger partial charge on any atom is -0.374 e. The predicted octanol–water partition coefficient (Wildman–Crippen LogP) is 2.24. The van der Waals surface area contributed by atoms with E-state index in [4.69, 9.17) is 10.6 Å². The van der Waals surface area contributed by atoms with Gasteiger partial charge in [0.25, 0.3) is 0 Å². The first-order valence-corrected chi connectivity index (χ1v) is 8.11. The highest BCUT2D eigenvalue weighted by Gasteiger charge is 2.07. The van der Waals surface area contributed by atoms with Gasteiger partial charge in [-0.3, -0.25) is 0 Å². The lowest BCUT2D eigenvalue weighted by atomic mass is 10.2. The summed E-state index contributed by atoms with van der Waals surface area (Å²) in [6, 6.07) is 2.16. The van der Waals surface area contributed by atoms with E-state index in [0.717, 1.165) is 23.7 Å². The predicted molar refractivity (Wildman–Crippen MR) is 85.9 cm³/mol. The topological polar surface area (TPSA) is 85.1 Å². The summed E-state index contributed by atoms with van der Waals surface area (Å²) in [4.78, 5) is 8.69. The summed E-state index contributed by atoms with van der Waals surface area (Å²) in [5.74, 6) is 9.72. The molecule has 6 nitrogen and oxygen atoms in total. The first-order valence-electron chi connectivity index (χ1n) is 6.96. The van der Waals surface area contributed by atoms with E-state index in [1.165, 1.54) is 0 Å². The van der Waals surface area contributed by atoms with Gasteiger partial charge in [0, 0.05) is 18.7 Å². The van der Waals surface area contributed by atoms with E-state index in [1.807, 2.05) is 18.7 Å². The molecular weight excluding hydrogens is 274 g/mol. The molecule has 1 heterocycles. The fourth-order valence-corrected chi connectivity index (χ4v) is 2.44. The lowest BCUT2D eigenvalue weighted by molar-refractivity contribution is 0.128. The van der Waals surface area contributed by atoms with Gasteiger partial charge in [-0.25, -0.2) is 15.8 Å². The highest BCUT2D eigenvalue weighted by Crippen LogP contribution is 2.14. The number of nitrogens with one attached hydrogen (secondary N) is 2. The standard InChI is InChI=1S/C13H25N5OS/c1-4-19-9-13-16-11(8-12(17-13)18-14)15-10(3)6-7-20-5-2/h8,10H,4-7,9,14H2,1-3H3,(H2,15,16,17,18). The number of rotatable bonds is 10. The van der Waals surface area contributed by atoms with Gasteiger partial charge in [-0.15, -0.1) is 0 Å². The van der Waals surface area contributed by atoms with Crippen LogP contribution in [-0.2, 0) is 11.3 Å². The molecule has 1 rings (SSSR count). The van der Waals surface area contributed by atoms with Crippen LogP contribution < -0.4 is 16.6 Å². The van der Waals surface area contributed by atoms with Crippen molar-refractivity contribution in [2.24, 2.45) is 5.84 Å². The van der Waals surface area contributed by atoms with Crippen molar-refractivity contribution in [3.63, 3.8) is 0 Å². The average Bonchev–Trinajstić information content (AvgIpc) is 2.45. The summed E-state index contributed by atoms with van der Waals surface area (Å²) in [5, 5.41) is 3.38. The molecular formula is C13H25N5OS. The zero-order valence-corrected chi connectivity index (χ0v) is 13.3. The first-order chi connectivity index (χ1) is 9.69. The van der Waals surface area contributed by atoms with Gasteiger partial charge in [0.1, 0.15) is 18.2 Å². The SMILES string of the molecule is CCOCc1nc(NN)cc(NC(C)CCSCC)n1. The largest absolute Gasteiger partial charge is 0.374 e. The molecule has 0 aliphatic rings. The number of aromatic nitrogens is 2. The van der Waals surface area contributed by atoms with Crippen molar-refractivity contribution in [2.75, 3.05) is 28.9 Å². The Morgan fingerprint density at radius 1 is 1.35 bits per heavy atom. The Labute approximate surface area is 125 Å². The van der Waals surface area contributed by atoms with Crippen LogP contribution in [0.1, 0.15) is 33.0 Å². The fourth-order valence-electron chi connectivity index (χ4n) is 1.63. The molecule has 1 aromatic rings. The monoisotopic (exact) mass is 299 g/mol. The fraction of sp³-hybridized carbons (Fsp3) is 0.692. The second-order valence-electron chi connectivity index (χ2n) is 4.37. The van der Waals surface area contributed by atoms with Gasteiger partial charge >= 0.3 is 0 Å². The van der Waals surface area contributed by atoms with Crippen molar-refractivity contribution >= 4 is 23.4 Å². The van der Waals surface area contributed by atoms with Gasteiger partial charge in [0.05, 0.1) is 0 Å². The summed E-state index contributed by atoms with van der Waals surface area (Å²) in [5.41, 5.74) is 2.56. The molecule has 20 heavy (non-hydrogen) atoms. The molecule has 114 valence electrons. The Hall–Kier alpha value is -1.05. The average molecular weight is 299 g/mol. The van der Waals surface area contributed by atoms with Crippen LogP contribution in [0.3, 0.4) is 0 Å². The number of nitrogens with zero attached hydrogens (tertiary/aromatic N) is 2. The molecule has 0 radical (unpaired) electrons. The molecule has 0 amide bonds. The molecule has 0 saturated carbocycles. The molecule has 1 atom stereocenters. The molecule has 0 spiro atoms. The number of thioether (sulfide) groups is 1. The van der Waals surface area contributed by atoms with E-state index in [-0.39, 0.29) is 0 Å². The molecule has 0 aromatic carbocycles. The molecule has 0 aliphatic heterocycles. The summed E-state index contributed by atoms with van der Waals surface area (Å²) in [7, 11) is 0. The van der Waals surface area contributed by atoms with Gasteiger partial charge in [-0.2, -0.15) is 11.8 Å². The summed E-state index contributed by atoms with van der Waals surface area (Å²) >= 11 is 1.94. The molecule has 0 saturated heterocycles.